The summed E-state index contributed by atoms with van der Waals surface area (Å²) in [6, 6.07) is 0. The molecule has 1 nitrogen and oxygen atoms in total. The van der Waals surface area contributed by atoms with Gasteiger partial charge in [0.25, 0.3) is 0 Å². The van der Waals surface area contributed by atoms with Gasteiger partial charge in [-0.15, -0.1) is 0 Å². The minimum atomic E-state index is -0.241. The number of aliphatic hydroxyl groups is 1. The minimum absolute atomic E-state index is 0.145. The maximum Gasteiger partial charge on any atom is 0.0656 e. The smallest absolute Gasteiger partial charge is 0.0656 e. The van der Waals surface area contributed by atoms with Crippen molar-refractivity contribution in [1.82, 2.24) is 0 Å². The molecule has 0 aromatic heterocycles. The van der Waals surface area contributed by atoms with E-state index in [2.05, 4.69) is 19.6 Å². The first-order valence-electron chi connectivity index (χ1n) is 3.87. The van der Waals surface area contributed by atoms with E-state index in [1.165, 1.54) is 0 Å². The van der Waals surface area contributed by atoms with Gasteiger partial charge in [0, 0.05) is 5.25 Å². The SMILES string of the molecule is [CH2]CCCC(O)C(S)CC. The minimum Gasteiger partial charge on any atom is -0.392 e. The molecule has 2 atom stereocenters. The summed E-state index contributed by atoms with van der Waals surface area (Å²) in [7, 11) is 0. The van der Waals surface area contributed by atoms with E-state index in [0.717, 1.165) is 25.7 Å². The van der Waals surface area contributed by atoms with Crippen LogP contribution in [-0.4, -0.2) is 16.5 Å². The van der Waals surface area contributed by atoms with E-state index in [9.17, 15) is 5.11 Å². The van der Waals surface area contributed by atoms with Crippen LogP contribution in [0.3, 0.4) is 0 Å². The normalized spacial score (nSPS) is 16.8. The van der Waals surface area contributed by atoms with Crippen molar-refractivity contribution in [2.45, 2.75) is 44.0 Å². The van der Waals surface area contributed by atoms with Crippen LogP contribution in [-0.2, 0) is 0 Å². The van der Waals surface area contributed by atoms with Crippen LogP contribution >= 0.6 is 12.6 Å². The van der Waals surface area contributed by atoms with Gasteiger partial charge in [-0.25, -0.2) is 0 Å². The summed E-state index contributed by atoms with van der Waals surface area (Å²) in [5.74, 6) is 0. The Bertz CT molecular complexity index is 75.7. The Morgan fingerprint density at radius 3 is 2.60 bits per heavy atom. The van der Waals surface area contributed by atoms with Gasteiger partial charge in [-0.3, -0.25) is 0 Å². The van der Waals surface area contributed by atoms with Crippen LogP contribution in [0.1, 0.15) is 32.6 Å². The van der Waals surface area contributed by atoms with E-state index >= 15 is 0 Å². The van der Waals surface area contributed by atoms with Gasteiger partial charge in [0.1, 0.15) is 0 Å². The second-order valence-corrected chi connectivity index (χ2v) is 3.20. The molecule has 0 spiro atoms. The Labute approximate surface area is 69.2 Å². The summed E-state index contributed by atoms with van der Waals surface area (Å²) in [6.07, 6.45) is 3.43. The second kappa shape index (κ2) is 6.05. The monoisotopic (exact) mass is 161 g/mol. The molecule has 0 heterocycles. The summed E-state index contributed by atoms with van der Waals surface area (Å²) in [6.45, 7) is 5.74. The zero-order valence-corrected chi connectivity index (χ0v) is 7.48. The fourth-order valence-electron chi connectivity index (χ4n) is 0.818. The summed E-state index contributed by atoms with van der Waals surface area (Å²) in [5.41, 5.74) is 0. The fourth-order valence-corrected chi connectivity index (χ4v) is 0.967. The first-order chi connectivity index (χ1) is 4.72. The quantitative estimate of drug-likeness (QED) is 0.591. The highest BCUT2D eigenvalue weighted by Gasteiger charge is 2.11. The maximum atomic E-state index is 9.34. The van der Waals surface area contributed by atoms with Gasteiger partial charge in [-0.2, -0.15) is 12.6 Å². The zero-order chi connectivity index (χ0) is 7.98. The van der Waals surface area contributed by atoms with E-state index in [0.29, 0.717) is 0 Å². The van der Waals surface area contributed by atoms with Gasteiger partial charge in [0.05, 0.1) is 6.10 Å². The maximum absolute atomic E-state index is 9.34. The van der Waals surface area contributed by atoms with E-state index < -0.39 is 0 Å². The van der Waals surface area contributed by atoms with E-state index in [4.69, 9.17) is 0 Å². The van der Waals surface area contributed by atoms with Crippen LogP contribution in [0.15, 0.2) is 0 Å². The molecular formula is C8H17OS. The van der Waals surface area contributed by atoms with Crippen molar-refractivity contribution >= 4 is 12.6 Å². The molecule has 2 unspecified atom stereocenters. The van der Waals surface area contributed by atoms with Crippen LogP contribution in [0.25, 0.3) is 0 Å². The third-order valence-electron chi connectivity index (χ3n) is 1.61. The van der Waals surface area contributed by atoms with Gasteiger partial charge in [0.2, 0.25) is 0 Å². The summed E-state index contributed by atoms with van der Waals surface area (Å²) in [5, 5.41) is 9.49. The Morgan fingerprint density at radius 1 is 1.60 bits per heavy atom. The second-order valence-electron chi connectivity index (χ2n) is 2.54. The Hall–Kier alpha value is 0.310. The lowest BCUT2D eigenvalue weighted by Gasteiger charge is -2.15. The molecule has 0 saturated carbocycles. The molecule has 61 valence electrons. The predicted octanol–water partition coefficient (Wildman–Crippen LogP) is 2.06. The first-order valence-corrected chi connectivity index (χ1v) is 4.39. The first kappa shape index (κ1) is 10.3. The Kier molecular flexibility index (Phi) is 6.24. The van der Waals surface area contributed by atoms with Crippen molar-refractivity contribution in [1.29, 1.82) is 0 Å². The number of rotatable bonds is 5. The molecule has 0 aliphatic carbocycles. The highest BCUT2D eigenvalue weighted by molar-refractivity contribution is 7.81. The van der Waals surface area contributed by atoms with Crippen molar-refractivity contribution in [3.05, 3.63) is 6.92 Å². The summed E-state index contributed by atoms with van der Waals surface area (Å²) in [4.78, 5) is 0. The van der Waals surface area contributed by atoms with Gasteiger partial charge >= 0.3 is 0 Å². The average Bonchev–Trinajstić information content (AvgIpc) is 1.98. The molecule has 0 aliphatic heterocycles. The van der Waals surface area contributed by atoms with Crippen LogP contribution in [0.5, 0.6) is 0 Å². The van der Waals surface area contributed by atoms with E-state index in [1.807, 2.05) is 6.92 Å². The molecule has 10 heavy (non-hydrogen) atoms. The van der Waals surface area contributed by atoms with E-state index in [1.54, 1.807) is 0 Å². The molecule has 0 rings (SSSR count). The van der Waals surface area contributed by atoms with Gasteiger partial charge in [0.15, 0.2) is 0 Å². The number of hydrogen-bond donors (Lipinski definition) is 2. The number of hydrogen-bond acceptors (Lipinski definition) is 2. The molecule has 0 aromatic rings. The van der Waals surface area contributed by atoms with Crippen LogP contribution < -0.4 is 0 Å². The molecular weight excluding hydrogens is 144 g/mol. The van der Waals surface area contributed by atoms with Crippen molar-refractivity contribution < 1.29 is 5.11 Å². The fraction of sp³-hybridized carbons (Fsp3) is 0.875. The molecule has 0 bridgehead atoms. The summed E-state index contributed by atoms with van der Waals surface area (Å²) < 4.78 is 0. The Morgan fingerprint density at radius 2 is 2.20 bits per heavy atom. The molecule has 2 heteroatoms. The van der Waals surface area contributed by atoms with E-state index in [-0.39, 0.29) is 11.4 Å². The largest absolute Gasteiger partial charge is 0.392 e. The lowest BCUT2D eigenvalue weighted by molar-refractivity contribution is 0.158. The van der Waals surface area contributed by atoms with Gasteiger partial charge < -0.3 is 5.11 Å². The highest BCUT2D eigenvalue weighted by atomic mass is 32.1. The topological polar surface area (TPSA) is 20.2 Å². The molecule has 1 N–H and O–H groups in total. The molecule has 0 aromatic carbocycles. The zero-order valence-electron chi connectivity index (χ0n) is 6.58. The number of aliphatic hydroxyl groups excluding tert-OH is 1. The lowest BCUT2D eigenvalue weighted by Crippen LogP contribution is -2.19. The third-order valence-corrected chi connectivity index (χ3v) is 2.32. The molecule has 0 fully saturated rings. The molecule has 0 amide bonds. The van der Waals surface area contributed by atoms with Crippen molar-refractivity contribution in [2.75, 3.05) is 0 Å². The van der Waals surface area contributed by atoms with Gasteiger partial charge in [-0.1, -0.05) is 26.7 Å². The summed E-state index contributed by atoms with van der Waals surface area (Å²) >= 11 is 4.23. The van der Waals surface area contributed by atoms with Gasteiger partial charge in [-0.05, 0) is 12.8 Å². The predicted molar refractivity (Wildman–Crippen MR) is 48.3 cm³/mol. The molecule has 0 saturated heterocycles. The molecule has 0 aliphatic rings. The highest BCUT2D eigenvalue weighted by Crippen LogP contribution is 2.12. The lowest BCUT2D eigenvalue weighted by atomic mass is 10.1. The van der Waals surface area contributed by atoms with Crippen LogP contribution in [0, 0.1) is 6.92 Å². The van der Waals surface area contributed by atoms with Crippen LogP contribution in [0.2, 0.25) is 0 Å². The number of thiol groups is 1. The van der Waals surface area contributed by atoms with Crippen molar-refractivity contribution in [3.63, 3.8) is 0 Å². The third kappa shape index (κ3) is 4.18. The average molecular weight is 161 g/mol. The Balaban J connectivity index is 3.31. The van der Waals surface area contributed by atoms with Crippen molar-refractivity contribution in [2.24, 2.45) is 0 Å². The van der Waals surface area contributed by atoms with Crippen molar-refractivity contribution in [3.8, 4) is 0 Å². The standard InChI is InChI=1S/C8H17OS/c1-3-5-6-7(9)8(10)4-2/h7-10H,1,3-6H2,2H3. The van der Waals surface area contributed by atoms with Crippen LogP contribution in [0.4, 0.5) is 0 Å². The number of unbranched alkanes of at least 4 members (excludes halogenated alkanes) is 1. The molecule has 1 radical (unpaired) electrons.